The molecule has 0 fully saturated rings. The van der Waals surface area contributed by atoms with Crippen LogP contribution in [0, 0.1) is 5.41 Å². The third-order valence-corrected chi connectivity index (χ3v) is 13.8. The molecule has 0 saturated heterocycles. The molecular weight excluding hydrogens is 809 g/mol. The summed E-state index contributed by atoms with van der Waals surface area (Å²) in [5.41, 5.74) is 9.63. The minimum atomic E-state index is -0.411. The van der Waals surface area contributed by atoms with E-state index in [1.165, 1.54) is 22.3 Å². The SMILES string of the molecule is CC(C)(C)c1cc(CCC(Cc2cc(C(C)(C)C)c(O)c(C(C)(C)C)c2)(Cc2cc(C(C)(C)C)c(O)c(C(C)(C)C)c2)Cc2cc(C(C)(C)C)c(O)c(C(C)(C)C)c2)cc(C(C)(C)C)c1O. The lowest BCUT2D eigenvalue weighted by Gasteiger charge is -2.38. The standard InChI is InChI=1S/C62H94O4/c1-54(2,3)42-27-38(28-43(50(42)63)55(4,5)6)25-26-62(35-39-29-44(56(7,8)9)51(64)45(30-39)57(10,11)12,36-40-31-46(58(13,14)15)52(65)47(32-40)59(16,17)18)37-41-33-48(60(19,20)21)53(66)49(34-41)61(22,23)24/h27-34,63-66H,25-26,35-37H2,1-24H3. The van der Waals surface area contributed by atoms with Crippen LogP contribution < -0.4 is 0 Å². The summed E-state index contributed by atoms with van der Waals surface area (Å²) >= 11 is 0. The van der Waals surface area contributed by atoms with E-state index in [0.29, 0.717) is 23.0 Å². The van der Waals surface area contributed by atoms with Crippen LogP contribution in [0.1, 0.15) is 239 Å². The second kappa shape index (κ2) is 17.9. The Kier molecular flexibility index (Phi) is 14.8. The van der Waals surface area contributed by atoms with Gasteiger partial charge in [0.15, 0.2) is 0 Å². The Morgan fingerprint density at radius 2 is 0.409 bits per heavy atom. The Hall–Kier alpha value is -3.92. The number of phenols is 4. The predicted molar refractivity (Wildman–Crippen MR) is 284 cm³/mol. The van der Waals surface area contributed by atoms with Gasteiger partial charge < -0.3 is 20.4 Å². The van der Waals surface area contributed by atoms with Crippen LogP contribution in [0.4, 0.5) is 0 Å². The average Bonchev–Trinajstić information content (AvgIpc) is 3.09. The molecule has 66 heavy (non-hydrogen) atoms. The van der Waals surface area contributed by atoms with E-state index >= 15 is 0 Å². The van der Waals surface area contributed by atoms with Gasteiger partial charge in [-0.25, -0.2) is 0 Å². The van der Waals surface area contributed by atoms with E-state index in [4.69, 9.17) is 0 Å². The third-order valence-electron chi connectivity index (χ3n) is 13.8. The Morgan fingerprint density at radius 1 is 0.258 bits per heavy atom. The van der Waals surface area contributed by atoms with Crippen LogP contribution in [0.5, 0.6) is 23.0 Å². The fourth-order valence-corrected chi connectivity index (χ4v) is 9.96. The molecular formula is C62H94O4. The third kappa shape index (κ3) is 12.6. The van der Waals surface area contributed by atoms with Gasteiger partial charge in [0.05, 0.1) is 0 Å². The molecule has 0 radical (unpaired) electrons. The summed E-state index contributed by atoms with van der Waals surface area (Å²) in [5.74, 6) is 1.53. The van der Waals surface area contributed by atoms with E-state index < -0.39 is 5.41 Å². The zero-order valence-electron chi connectivity index (χ0n) is 46.4. The van der Waals surface area contributed by atoms with Crippen LogP contribution in [0.3, 0.4) is 0 Å². The molecule has 0 atom stereocenters. The highest BCUT2D eigenvalue weighted by molar-refractivity contribution is 5.54. The first kappa shape index (κ1) is 54.7. The van der Waals surface area contributed by atoms with Crippen molar-refractivity contribution in [2.75, 3.05) is 0 Å². The lowest BCUT2D eigenvalue weighted by Crippen LogP contribution is -2.32. The van der Waals surface area contributed by atoms with Gasteiger partial charge in [-0.1, -0.05) is 215 Å². The summed E-state index contributed by atoms with van der Waals surface area (Å²) in [5, 5.41) is 47.9. The molecule has 4 aromatic carbocycles. The number of phenolic OH excluding ortho intramolecular Hbond substituents is 4. The fraction of sp³-hybridized carbons (Fsp3) is 0.613. The Bertz CT molecular complexity index is 2040. The smallest absolute Gasteiger partial charge is 0.123 e. The zero-order chi connectivity index (χ0) is 50.9. The summed E-state index contributed by atoms with van der Waals surface area (Å²) < 4.78 is 0. The highest BCUT2D eigenvalue weighted by Crippen LogP contribution is 2.48. The van der Waals surface area contributed by atoms with Crippen molar-refractivity contribution in [3.8, 4) is 23.0 Å². The van der Waals surface area contributed by atoms with Crippen molar-refractivity contribution in [3.63, 3.8) is 0 Å². The Morgan fingerprint density at radius 3 is 0.561 bits per heavy atom. The van der Waals surface area contributed by atoms with Gasteiger partial charge in [-0.15, -0.1) is 0 Å². The number of hydrogen-bond donors (Lipinski definition) is 4. The maximum absolute atomic E-state index is 12.0. The van der Waals surface area contributed by atoms with Crippen LogP contribution in [0.25, 0.3) is 0 Å². The molecule has 0 aliphatic rings. The molecule has 0 aliphatic heterocycles. The number of aromatic hydroxyl groups is 4. The molecule has 0 amide bonds. The van der Waals surface area contributed by atoms with Crippen LogP contribution >= 0.6 is 0 Å². The molecule has 4 rings (SSSR count). The molecule has 4 N–H and O–H groups in total. The van der Waals surface area contributed by atoms with E-state index in [0.717, 1.165) is 76.6 Å². The normalized spacial score (nSPS) is 14.0. The Labute approximate surface area is 404 Å². The highest BCUT2D eigenvalue weighted by Gasteiger charge is 2.38. The summed E-state index contributed by atoms with van der Waals surface area (Å²) in [4.78, 5) is 0. The zero-order valence-corrected chi connectivity index (χ0v) is 46.4. The van der Waals surface area contributed by atoms with Crippen molar-refractivity contribution in [3.05, 3.63) is 115 Å². The van der Waals surface area contributed by atoms with Gasteiger partial charge in [0.25, 0.3) is 0 Å². The van der Waals surface area contributed by atoms with E-state index in [1.54, 1.807) is 0 Å². The van der Waals surface area contributed by atoms with Crippen molar-refractivity contribution in [1.29, 1.82) is 0 Å². The molecule has 0 bridgehead atoms. The van der Waals surface area contributed by atoms with Crippen LogP contribution in [0.2, 0.25) is 0 Å². The first-order valence-electron chi connectivity index (χ1n) is 24.8. The second-order valence-corrected chi connectivity index (χ2v) is 28.7. The summed E-state index contributed by atoms with van der Waals surface area (Å²) in [6, 6.07) is 18.1. The molecule has 0 spiro atoms. The molecule has 4 aromatic rings. The summed E-state index contributed by atoms with van der Waals surface area (Å²) in [6.07, 6.45) is 3.76. The predicted octanol–water partition coefficient (Wildman–Crippen LogP) is 16.5. The Balaban J connectivity index is 2.25. The van der Waals surface area contributed by atoms with Crippen LogP contribution in [-0.2, 0) is 69.0 Å². The number of aryl methyl sites for hydroxylation is 1. The quantitative estimate of drug-likeness (QED) is 0.135. The molecule has 0 heterocycles. The topological polar surface area (TPSA) is 80.9 Å². The number of rotatable bonds is 9. The molecule has 0 unspecified atom stereocenters. The minimum Gasteiger partial charge on any atom is -0.507 e. The van der Waals surface area contributed by atoms with Crippen LogP contribution in [0.15, 0.2) is 48.5 Å². The highest BCUT2D eigenvalue weighted by atomic mass is 16.3. The van der Waals surface area contributed by atoms with Gasteiger partial charge in [0, 0.05) is 0 Å². The monoisotopic (exact) mass is 903 g/mol. The van der Waals surface area contributed by atoms with Gasteiger partial charge in [-0.3, -0.25) is 0 Å². The van der Waals surface area contributed by atoms with Crippen LogP contribution in [-0.4, -0.2) is 20.4 Å². The molecule has 366 valence electrons. The molecule has 0 saturated carbocycles. The van der Waals surface area contributed by atoms with Gasteiger partial charge in [-0.05, 0) is 148 Å². The largest absolute Gasteiger partial charge is 0.507 e. The maximum atomic E-state index is 12.0. The second-order valence-electron chi connectivity index (χ2n) is 28.7. The van der Waals surface area contributed by atoms with Crippen molar-refractivity contribution >= 4 is 0 Å². The molecule has 0 aliphatic carbocycles. The van der Waals surface area contributed by atoms with E-state index in [2.05, 4.69) is 215 Å². The van der Waals surface area contributed by atoms with Gasteiger partial charge in [0.1, 0.15) is 23.0 Å². The molecule has 0 aromatic heterocycles. The van der Waals surface area contributed by atoms with Gasteiger partial charge in [-0.2, -0.15) is 0 Å². The van der Waals surface area contributed by atoms with E-state index in [-0.39, 0.29) is 43.3 Å². The van der Waals surface area contributed by atoms with Gasteiger partial charge >= 0.3 is 0 Å². The van der Waals surface area contributed by atoms with Crippen molar-refractivity contribution in [2.45, 2.75) is 242 Å². The van der Waals surface area contributed by atoms with Gasteiger partial charge in [0.2, 0.25) is 0 Å². The molecule has 4 heteroatoms. The number of benzene rings is 4. The molecule has 4 nitrogen and oxygen atoms in total. The van der Waals surface area contributed by atoms with E-state index in [1.807, 2.05) is 0 Å². The average molecular weight is 903 g/mol. The number of hydrogen-bond acceptors (Lipinski definition) is 4. The van der Waals surface area contributed by atoms with E-state index in [9.17, 15) is 20.4 Å². The lowest BCUT2D eigenvalue weighted by atomic mass is 9.66. The summed E-state index contributed by atoms with van der Waals surface area (Å²) in [6.45, 7) is 52.5. The fourth-order valence-electron chi connectivity index (χ4n) is 9.96. The summed E-state index contributed by atoms with van der Waals surface area (Å²) in [7, 11) is 0. The first-order valence-corrected chi connectivity index (χ1v) is 24.8. The van der Waals surface area contributed by atoms with Crippen molar-refractivity contribution in [1.82, 2.24) is 0 Å². The van der Waals surface area contributed by atoms with Crippen molar-refractivity contribution in [2.24, 2.45) is 5.41 Å². The first-order chi connectivity index (χ1) is 29.4. The minimum absolute atomic E-state index is 0.270. The van der Waals surface area contributed by atoms with Crippen molar-refractivity contribution < 1.29 is 20.4 Å². The maximum Gasteiger partial charge on any atom is 0.123 e. The lowest BCUT2D eigenvalue weighted by molar-refractivity contribution is 0.252.